The number of rotatable bonds is 10. The number of aryl methyl sites for hydroxylation is 2. The van der Waals surface area contributed by atoms with Gasteiger partial charge in [0.2, 0.25) is 0 Å². The van der Waals surface area contributed by atoms with Gasteiger partial charge in [-0.3, -0.25) is 0 Å². The summed E-state index contributed by atoms with van der Waals surface area (Å²) in [5, 5.41) is 0. The molecule has 0 aliphatic carbocycles. The van der Waals surface area contributed by atoms with Crippen molar-refractivity contribution in [3.8, 4) is 11.5 Å². The van der Waals surface area contributed by atoms with E-state index in [1.54, 1.807) is 24.3 Å². The Bertz CT molecular complexity index is 928. The summed E-state index contributed by atoms with van der Waals surface area (Å²) in [7, 11) is -4.26. The first-order valence-electron chi connectivity index (χ1n) is 11.1. The maximum Gasteiger partial charge on any atom is 0.500 e. The van der Waals surface area contributed by atoms with Gasteiger partial charge in [0.05, 0.1) is 26.4 Å². The van der Waals surface area contributed by atoms with Crippen LogP contribution in [-0.4, -0.2) is 46.4 Å². The first-order valence-corrected chi connectivity index (χ1v) is 12.4. The summed E-state index contributed by atoms with van der Waals surface area (Å²) >= 11 is 0. The van der Waals surface area contributed by atoms with Crippen LogP contribution in [0.4, 0.5) is 0 Å². The van der Waals surface area contributed by atoms with Crippen molar-refractivity contribution in [2.45, 2.75) is 51.1 Å². The van der Waals surface area contributed by atoms with Crippen LogP contribution in [0.2, 0.25) is 0 Å². The highest BCUT2D eigenvalue weighted by atomic mass is 32.3. The van der Waals surface area contributed by atoms with Crippen molar-refractivity contribution in [1.82, 2.24) is 0 Å². The van der Waals surface area contributed by atoms with E-state index in [4.69, 9.17) is 27.3 Å². The second-order valence-electron chi connectivity index (χ2n) is 8.52. The minimum absolute atomic E-state index is 0.180. The molecule has 0 aromatic heterocycles. The molecule has 0 bridgehead atoms. The van der Waals surface area contributed by atoms with E-state index in [0.717, 1.165) is 24.0 Å². The van der Waals surface area contributed by atoms with Gasteiger partial charge in [0, 0.05) is 12.8 Å². The Labute approximate surface area is 195 Å². The lowest BCUT2D eigenvalue weighted by molar-refractivity contribution is -0.146. The second kappa shape index (κ2) is 9.99. The molecule has 180 valence electrons. The van der Waals surface area contributed by atoms with E-state index in [1.807, 2.05) is 38.1 Å². The predicted molar refractivity (Wildman–Crippen MR) is 120 cm³/mol. The molecular formula is C24H30O8S. The third kappa shape index (κ3) is 6.91. The summed E-state index contributed by atoms with van der Waals surface area (Å²) < 4.78 is 57.2. The third-order valence-electron chi connectivity index (χ3n) is 5.78. The van der Waals surface area contributed by atoms with Gasteiger partial charge in [-0.2, -0.15) is 0 Å². The van der Waals surface area contributed by atoms with Crippen molar-refractivity contribution in [2.75, 3.05) is 26.4 Å². The fourth-order valence-corrected chi connectivity index (χ4v) is 4.55. The molecular weight excluding hydrogens is 448 g/mol. The summed E-state index contributed by atoms with van der Waals surface area (Å²) in [5.41, 5.74) is 2.05. The molecule has 4 rings (SSSR count). The molecule has 0 spiro atoms. The van der Waals surface area contributed by atoms with Crippen molar-refractivity contribution in [3.63, 3.8) is 0 Å². The molecule has 2 saturated heterocycles. The van der Waals surface area contributed by atoms with Gasteiger partial charge in [-0.1, -0.05) is 24.3 Å². The molecule has 0 saturated carbocycles. The number of hydrogen-bond acceptors (Lipinski definition) is 8. The van der Waals surface area contributed by atoms with E-state index in [9.17, 15) is 8.42 Å². The highest BCUT2D eigenvalue weighted by Gasteiger charge is 2.31. The van der Waals surface area contributed by atoms with Gasteiger partial charge in [-0.15, -0.1) is 8.42 Å². The van der Waals surface area contributed by atoms with Crippen molar-refractivity contribution < 1.29 is 35.7 Å². The molecule has 2 aromatic carbocycles. The molecule has 2 fully saturated rings. The van der Waals surface area contributed by atoms with Crippen molar-refractivity contribution in [2.24, 2.45) is 0 Å². The zero-order valence-corrected chi connectivity index (χ0v) is 19.8. The van der Waals surface area contributed by atoms with E-state index in [1.165, 1.54) is 0 Å². The van der Waals surface area contributed by atoms with E-state index >= 15 is 0 Å². The van der Waals surface area contributed by atoms with Crippen LogP contribution < -0.4 is 8.37 Å². The predicted octanol–water partition coefficient (Wildman–Crippen LogP) is 3.78. The van der Waals surface area contributed by atoms with Gasteiger partial charge < -0.3 is 27.3 Å². The number of ether oxygens (including phenoxy) is 4. The van der Waals surface area contributed by atoms with Crippen LogP contribution in [-0.2, 0) is 42.2 Å². The van der Waals surface area contributed by atoms with Crippen LogP contribution in [0.15, 0.2) is 48.5 Å². The lowest BCUT2D eigenvalue weighted by Gasteiger charge is -2.22. The Balaban J connectivity index is 1.26. The highest BCUT2D eigenvalue weighted by molar-refractivity contribution is 7.82. The molecule has 2 aromatic rings. The highest BCUT2D eigenvalue weighted by Crippen LogP contribution is 2.27. The van der Waals surface area contributed by atoms with Crippen LogP contribution in [0.1, 0.15) is 37.8 Å². The number of benzene rings is 2. The fraction of sp³-hybridized carbons (Fsp3) is 0.500. The third-order valence-corrected chi connectivity index (χ3v) is 6.57. The van der Waals surface area contributed by atoms with E-state index in [2.05, 4.69) is 0 Å². The zero-order chi connectivity index (χ0) is 23.4. The maximum atomic E-state index is 12.3. The Kier molecular flexibility index (Phi) is 7.25. The lowest BCUT2D eigenvalue weighted by atomic mass is 10.1. The van der Waals surface area contributed by atoms with Crippen molar-refractivity contribution in [3.05, 3.63) is 59.7 Å². The van der Waals surface area contributed by atoms with Crippen LogP contribution >= 0.6 is 0 Å². The van der Waals surface area contributed by atoms with Crippen LogP contribution in [0.5, 0.6) is 11.5 Å². The molecule has 9 heteroatoms. The summed E-state index contributed by atoms with van der Waals surface area (Å²) in [4.78, 5) is 0. The van der Waals surface area contributed by atoms with Gasteiger partial charge in [0.1, 0.15) is 11.5 Å². The van der Waals surface area contributed by atoms with Crippen LogP contribution in [0.25, 0.3) is 0 Å². The molecule has 33 heavy (non-hydrogen) atoms. The fourth-order valence-electron chi connectivity index (χ4n) is 3.82. The Morgan fingerprint density at radius 3 is 1.33 bits per heavy atom. The monoisotopic (exact) mass is 478 g/mol. The molecule has 0 N–H and O–H groups in total. The van der Waals surface area contributed by atoms with Crippen molar-refractivity contribution >= 4 is 10.4 Å². The van der Waals surface area contributed by atoms with Gasteiger partial charge in [-0.05, 0) is 62.1 Å². The zero-order valence-electron chi connectivity index (χ0n) is 18.9. The smallest absolute Gasteiger partial charge is 0.353 e. The summed E-state index contributed by atoms with van der Waals surface area (Å²) in [5.74, 6) is -0.755. The van der Waals surface area contributed by atoms with Crippen LogP contribution in [0.3, 0.4) is 0 Å². The first kappa shape index (κ1) is 24.0. The molecule has 2 aliphatic heterocycles. The normalized spacial score (nSPS) is 19.5. The molecule has 0 unspecified atom stereocenters. The standard InChI is InChI=1S/C24H30O8S/c1-23(27-15-16-28-23)13-11-19-3-7-21(8-4-19)31-33(25,26)32-22-9-5-20(6-10-22)12-14-24(2)29-17-18-30-24/h3-10H,11-18H2,1-2H3. The summed E-state index contributed by atoms with van der Waals surface area (Å²) in [6.45, 7) is 6.26. The second-order valence-corrected chi connectivity index (χ2v) is 9.67. The molecule has 0 amide bonds. The van der Waals surface area contributed by atoms with Gasteiger partial charge >= 0.3 is 10.4 Å². The molecule has 8 nitrogen and oxygen atoms in total. The summed E-state index contributed by atoms with van der Waals surface area (Å²) in [6.07, 6.45) is 2.90. The Morgan fingerprint density at radius 1 is 0.667 bits per heavy atom. The molecule has 2 aliphatic rings. The molecule has 0 radical (unpaired) electrons. The van der Waals surface area contributed by atoms with E-state index < -0.39 is 22.0 Å². The minimum atomic E-state index is -4.26. The quantitative estimate of drug-likeness (QED) is 0.510. The number of hydrogen-bond donors (Lipinski definition) is 0. The SMILES string of the molecule is CC1(CCc2ccc(OS(=O)(=O)Oc3ccc(CCC4(C)OCCO4)cc3)cc2)OCCO1. The van der Waals surface area contributed by atoms with E-state index in [-0.39, 0.29) is 11.5 Å². The Hall–Kier alpha value is -2.17. The average molecular weight is 479 g/mol. The summed E-state index contributed by atoms with van der Waals surface area (Å²) in [6, 6.07) is 13.7. The minimum Gasteiger partial charge on any atom is -0.353 e. The van der Waals surface area contributed by atoms with Gasteiger partial charge in [-0.25, -0.2) is 0 Å². The maximum absolute atomic E-state index is 12.3. The van der Waals surface area contributed by atoms with Gasteiger partial charge in [0.15, 0.2) is 11.6 Å². The average Bonchev–Trinajstić information content (AvgIpc) is 3.42. The topological polar surface area (TPSA) is 89.5 Å². The van der Waals surface area contributed by atoms with Gasteiger partial charge in [0.25, 0.3) is 0 Å². The Morgan fingerprint density at radius 2 is 1.00 bits per heavy atom. The lowest BCUT2D eigenvalue weighted by Crippen LogP contribution is -2.26. The molecule has 2 heterocycles. The van der Waals surface area contributed by atoms with Crippen LogP contribution in [0, 0.1) is 0 Å². The molecule has 0 atom stereocenters. The largest absolute Gasteiger partial charge is 0.500 e. The van der Waals surface area contributed by atoms with E-state index in [0.29, 0.717) is 39.3 Å². The van der Waals surface area contributed by atoms with Crippen molar-refractivity contribution in [1.29, 1.82) is 0 Å². The first-order chi connectivity index (χ1) is 15.7.